The molecule has 6 nitrogen and oxygen atoms in total. The van der Waals surface area contributed by atoms with Gasteiger partial charge in [0, 0.05) is 25.2 Å². The molecule has 0 radical (unpaired) electrons. The summed E-state index contributed by atoms with van der Waals surface area (Å²) < 4.78 is 5.26. The first-order valence-electron chi connectivity index (χ1n) is 11.7. The fraction of sp³-hybridized carbons (Fsp3) is 0.481. The van der Waals surface area contributed by atoms with Crippen molar-refractivity contribution in [3.63, 3.8) is 0 Å². The molecule has 2 aromatic rings. The van der Waals surface area contributed by atoms with E-state index in [0.29, 0.717) is 26.1 Å². The highest BCUT2D eigenvalue weighted by atomic mass is 16.5. The van der Waals surface area contributed by atoms with Crippen LogP contribution >= 0.6 is 0 Å². The van der Waals surface area contributed by atoms with Crippen molar-refractivity contribution in [3.8, 4) is 11.8 Å². The smallest absolute Gasteiger partial charge is 0.320 e. The normalized spacial score (nSPS) is 25.0. The second kappa shape index (κ2) is 9.44. The molecular formula is C27H34N4O2. The maximum absolute atomic E-state index is 13.5. The van der Waals surface area contributed by atoms with Gasteiger partial charge in [0.25, 0.3) is 0 Å². The van der Waals surface area contributed by atoms with E-state index in [2.05, 4.69) is 55.4 Å². The monoisotopic (exact) mass is 446 g/mol. The number of nitrogens with zero attached hydrogens (tertiary/aromatic N) is 4. The molecule has 1 saturated carbocycles. The van der Waals surface area contributed by atoms with Crippen LogP contribution in [0.4, 0.5) is 4.79 Å². The standard InChI is InChI=1S/C27H34N4O2/c1-29(2)27(23-8-5-4-6-9-23)16-14-26(15-17-27)21-30(25(32)31(26)19-7-18-28)20-22-10-12-24(33-3)13-11-22/h4-6,8-13H,7,14-17,19-21H2,1-3H3/t26-,27-. The number of ether oxygens (including phenoxy) is 1. The van der Waals surface area contributed by atoms with Crippen molar-refractivity contribution < 1.29 is 9.53 Å². The van der Waals surface area contributed by atoms with Gasteiger partial charge in [-0.05, 0) is 63.0 Å². The fourth-order valence-electron chi connectivity index (χ4n) is 5.75. The number of nitriles is 1. The predicted molar refractivity (Wildman–Crippen MR) is 129 cm³/mol. The van der Waals surface area contributed by atoms with E-state index in [1.165, 1.54) is 5.56 Å². The van der Waals surface area contributed by atoms with Crippen LogP contribution in [0.15, 0.2) is 54.6 Å². The molecule has 0 unspecified atom stereocenters. The Morgan fingerprint density at radius 1 is 1.03 bits per heavy atom. The summed E-state index contributed by atoms with van der Waals surface area (Å²) in [6.07, 6.45) is 4.18. The van der Waals surface area contributed by atoms with Crippen LogP contribution in [0.2, 0.25) is 0 Å². The molecule has 33 heavy (non-hydrogen) atoms. The fourth-order valence-corrected chi connectivity index (χ4v) is 5.75. The lowest BCUT2D eigenvalue weighted by atomic mass is 9.68. The minimum absolute atomic E-state index is 0.0279. The molecular weight excluding hydrogens is 412 g/mol. The summed E-state index contributed by atoms with van der Waals surface area (Å²) >= 11 is 0. The number of rotatable bonds is 7. The molecule has 2 amide bonds. The van der Waals surface area contributed by atoms with Crippen molar-refractivity contribution >= 4 is 6.03 Å². The second-order valence-corrected chi connectivity index (χ2v) is 9.56. The highest BCUT2D eigenvalue weighted by molar-refractivity contribution is 5.78. The first kappa shape index (κ1) is 23.1. The summed E-state index contributed by atoms with van der Waals surface area (Å²) in [5, 5.41) is 9.23. The van der Waals surface area contributed by atoms with Crippen molar-refractivity contribution in [2.24, 2.45) is 0 Å². The molecule has 2 aromatic carbocycles. The van der Waals surface area contributed by atoms with E-state index in [1.807, 2.05) is 34.1 Å². The Labute approximate surface area is 197 Å². The molecule has 1 spiro atoms. The molecule has 2 aliphatic rings. The van der Waals surface area contributed by atoms with Gasteiger partial charge in [0.1, 0.15) is 5.75 Å². The Kier molecular flexibility index (Phi) is 6.62. The Bertz CT molecular complexity index is 989. The zero-order chi connectivity index (χ0) is 23.5. The van der Waals surface area contributed by atoms with Crippen molar-refractivity contribution in [1.82, 2.24) is 14.7 Å². The van der Waals surface area contributed by atoms with Gasteiger partial charge in [-0.1, -0.05) is 42.5 Å². The van der Waals surface area contributed by atoms with Gasteiger partial charge in [0.05, 0.1) is 25.1 Å². The Morgan fingerprint density at radius 3 is 2.27 bits per heavy atom. The average Bonchev–Trinajstić information content (AvgIpc) is 3.09. The van der Waals surface area contributed by atoms with Crippen LogP contribution in [-0.2, 0) is 12.1 Å². The molecule has 4 rings (SSSR count). The topological polar surface area (TPSA) is 59.8 Å². The van der Waals surface area contributed by atoms with Crippen LogP contribution in [0.25, 0.3) is 0 Å². The third kappa shape index (κ3) is 4.30. The van der Waals surface area contributed by atoms with Gasteiger partial charge in [-0.2, -0.15) is 5.26 Å². The lowest BCUT2D eigenvalue weighted by molar-refractivity contribution is 0.0251. The number of hydrogen-bond acceptors (Lipinski definition) is 4. The van der Waals surface area contributed by atoms with Crippen LogP contribution in [0, 0.1) is 11.3 Å². The van der Waals surface area contributed by atoms with Gasteiger partial charge in [-0.15, -0.1) is 0 Å². The maximum Gasteiger partial charge on any atom is 0.320 e. The largest absolute Gasteiger partial charge is 0.497 e. The number of urea groups is 1. The van der Waals surface area contributed by atoms with E-state index in [1.54, 1.807) is 7.11 Å². The van der Waals surface area contributed by atoms with Gasteiger partial charge >= 0.3 is 6.03 Å². The Balaban J connectivity index is 1.57. The SMILES string of the molecule is COc1ccc(CN2C[C@]3(CC[C@@](c4ccccc4)(N(C)C)CC3)N(CCC#N)C2=O)cc1. The van der Waals surface area contributed by atoms with E-state index < -0.39 is 0 Å². The van der Waals surface area contributed by atoms with Crippen LogP contribution < -0.4 is 4.74 Å². The lowest BCUT2D eigenvalue weighted by Gasteiger charge is -2.51. The molecule has 6 heteroatoms. The van der Waals surface area contributed by atoms with Crippen molar-refractivity contribution in [3.05, 3.63) is 65.7 Å². The lowest BCUT2D eigenvalue weighted by Crippen LogP contribution is -2.55. The summed E-state index contributed by atoms with van der Waals surface area (Å²) in [5.74, 6) is 0.812. The first-order valence-corrected chi connectivity index (χ1v) is 11.7. The molecule has 1 aliphatic heterocycles. The second-order valence-electron chi connectivity index (χ2n) is 9.56. The van der Waals surface area contributed by atoms with E-state index in [4.69, 9.17) is 4.74 Å². The van der Waals surface area contributed by atoms with Gasteiger partial charge in [-0.3, -0.25) is 4.90 Å². The minimum atomic E-state index is -0.214. The van der Waals surface area contributed by atoms with E-state index in [0.717, 1.165) is 37.0 Å². The van der Waals surface area contributed by atoms with E-state index in [-0.39, 0.29) is 17.1 Å². The predicted octanol–water partition coefficient (Wildman–Crippen LogP) is 4.62. The number of benzene rings is 2. The summed E-state index contributed by atoms with van der Waals surface area (Å²) in [6.45, 7) is 1.78. The number of hydrogen-bond donors (Lipinski definition) is 0. The number of methoxy groups -OCH3 is 1. The molecule has 0 atom stereocenters. The molecule has 1 saturated heterocycles. The molecule has 0 N–H and O–H groups in total. The maximum atomic E-state index is 13.5. The highest BCUT2D eigenvalue weighted by Gasteiger charge is 2.54. The molecule has 174 valence electrons. The summed E-state index contributed by atoms with van der Waals surface area (Å²) in [5.41, 5.74) is 2.19. The third-order valence-corrected chi connectivity index (χ3v) is 7.71. The quantitative estimate of drug-likeness (QED) is 0.623. The molecule has 0 bridgehead atoms. The van der Waals surface area contributed by atoms with Gasteiger partial charge in [0.15, 0.2) is 0 Å². The number of carbonyl (C=O) groups excluding carboxylic acids is 1. The summed E-state index contributed by atoms with van der Waals surface area (Å²) in [4.78, 5) is 19.8. The van der Waals surface area contributed by atoms with E-state index in [9.17, 15) is 10.1 Å². The van der Waals surface area contributed by atoms with E-state index >= 15 is 0 Å². The number of carbonyl (C=O) groups is 1. The third-order valence-electron chi connectivity index (χ3n) is 7.71. The van der Waals surface area contributed by atoms with Crippen molar-refractivity contribution in [1.29, 1.82) is 5.26 Å². The molecule has 1 aliphatic carbocycles. The minimum Gasteiger partial charge on any atom is -0.497 e. The summed E-state index contributed by atoms with van der Waals surface area (Å²) in [7, 11) is 5.98. The van der Waals surface area contributed by atoms with Crippen LogP contribution in [0.3, 0.4) is 0 Å². The van der Waals surface area contributed by atoms with Crippen molar-refractivity contribution in [2.45, 2.75) is 49.7 Å². The van der Waals surface area contributed by atoms with Crippen LogP contribution in [-0.4, -0.2) is 60.6 Å². The van der Waals surface area contributed by atoms with Gasteiger partial charge < -0.3 is 14.5 Å². The van der Waals surface area contributed by atoms with Crippen LogP contribution in [0.5, 0.6) is 5.75 Å². The Hall–Kier alpha value is -3.04. The zero-order valence-corrected chi connectivity index (χ0v) is 20.0. The highest BCUT2D eigenvalue weighted by Crippen LogP contribution is 2.49. The van der Waals surface area contributed by atoms with Crippen LogP contribution in [0.1, 0.15) is 43.2 Å². The van der Waals surface area contributed by atoms with Gasteiger partial charge in [0.2, 0.25) is 0 Å². The molecule has 2 fully saturated rings. The van der Waals surface area contributed by atoms with Gasteiger partial charge in [-0.25, -0.2) is 4.79 Å². The summed E-state index contributed by atoms with van der Waals surface area (Å²) in [6, 6.07) is 20.9. The zero-order valence-electron chi connectivity index (χ0n) is 20.0. The first-order chi connectivity index (χ1) is 15.9. The molecule has 1 heterocycles. The molecule has 0 aromatic heterocycles. The van der Waals surface area contributed by atoms with Crippen molar-refractivity contribution in [2.75, 3.05) is 34.3 Å². The number of amides is 2. The Morgan fingerprint density at radius 2 is 1.70 bits per heavy atom. The average molecular weight is 447 g/mol.